The molecule has 0 saturated heterocycles. The summed E-state index contributed by atoms with van der Waals surface area (Å²) >= 11 is 0. The van der Waals surface area contributed by atoms with Crippen LogP contribution in [0.2, 0.25) is 0 Å². The van der Waals surface area contributed by atoms with E-state index in [1.165, 1.54) is 4.57 Å². The predicted octanol–water partition coefficient (Wildman–Crippen LogP) is 1.64. The van der Waals surface area contributed by atoms with Gasteiger partial charge in [-0.1, -0.05) is 0 Å². The first-order valence-corrected chi connectivity index (χ1v) is 12.0. The number of nitrogens with zero attached hydrogens (tertiary/aromatic N) is 3. The molecule has 0 fully saturated rings. The highest BCUT2D eigenvalue weighted by molar-refractivity contribution is 7.89. The Morgan fingerprint density at radius 1 is 1.00 bits per heavy atom. The van der Waals surface area contributed by atoms with Gasteiger partial charge < -0.3 is 14.0 Å². The van der Waals surface area contributed by atoms with Crippen molar-refractivity contribution in [3.05, 3.63) is 58.1 Å². The van der Waals surface area contributed by atoms with E-state index < -0.39 is 10.0 Å². The molecule has 0 atom stereocenters. The van der Waals surface area contributed by atoms with Gasteiger partial charge in [-0.15, -0.1) is 0 Å². The fraction of sp³-hybridized carbons (Fsp3) is 0.364. The van der Waals surface area contributed by atoms with Gasteiger partial charge >= 0.3 is 0 Å². The minimum atomic E-state index is -3.72. The Bertz CT molecular complexity index is 1370. The molecule has 0 unspecified atom stereocenters. The molecule has 8 nitrogen and oxygen atoms in total. The molecule has 31 heavy (non-hydrogen) atoms. The molecule has 0 bridgehead atoms. The summed E-state index contributed by atoms with van der Waals surface area (Å²) in [4.78, 5) is 26.9. The smallest absolute Gasteiger partial charge is 0.275 e. The van der Waals surface area contributed by atoms with Gasteiger partial charge in [0.05, 0.1) is 10.6 Å². The van der Waals surface area contributed by atoms with E-state index in [0.29, 0.717) is 37.9 Å². The molecule has 2 aliphatic heterocycles. The Kier molecular flexibility index (Phi) is 4.75. The summed E-state index contributed by atoms with van der Waals surface area (Å²) < 4.78 is 31.9. The number of aryl methyl sites for hydroxylation is 2. The van der Waals surface area contributed by atoms with E-state index in [4.69, 9.17) is 0 Å². The molecule has 2 aromatic heterocycles. The lowest BCUT2D eigenvalue weighted by atomic mass is 10.00. The average Bonchev–Trinajstić information content (AvgIpc) is 3.37. The summed E-state index contributed by atoms with van der Waals surface area (Å²) in [5, 5.41) is 0.878. The number of sulfonamides is 1. The molecular formula is C22H24N4O4S. The van der Waals surface area contributed by atoms with Crippen molar-refractivity contribution in [1.82, 2.24) is 13.9 Å². The summed E-state index contributed by atoms with van der Waals surface area (Å²) in [6.07, 6.45) is 5.23. The summed E-state index contributed by atoms with van der Waals surface area (Å²) in [7, 11) is -3.72. The van der Waals surface area contributed by atoms with E-state index in [-0.39, 0.29) is 29.5 Å². The molecule has 0 radical (unpaired) electrons. The number of carbonyl (C=O) groups is 1. The van der Waals surface area contributed by atoms with Crippen LogP contribution < -0.4 is 15.2 Å². The topological polar surface area (TPSA) is 93.4 Å². The quantitative estimate of drug-likeness (QED) is 0.631. The second-order valence-corrected chi connectivity index (χ2v) is 9.77. The van der Waals surface area contributed by atoms with Gasteiger partial charge in [-0.3, -0.25) is 9.59 Å². The monoisotopic (exact) mass is 440 g/mol. The zero-order chi connectivity index (χ0) is 21.8. The van der Waals surface area contributed by atoms with Gasteiger partial charge in [0.1, 0.15) is 5.52 Å². The average molecular weight is 441 g/mol. The molecule has 9 heteroatoms. The standard InChI is InChI=1S/C22H24N4O4S/c1-2-24-9-5-15-6-10-25(22(28)21(15)24)12-8-23-31(29,30)18-13-16-3-4-19(27)26-11-7-17(14-18)20(16)26/h5-6,9-10,13-14,23H,2-4,7-8,11-12H2,1H3. The Morgan fingerprint density at radius 3 is 2.45 bits per heavy atom. The lowest BCUT2D eigenvalue weighted by molar-refractivity contribution is -0.118. The Hall–Kier alpha value is -2.91. The van der Waals surface area contributed by atoms with Crippen molar-refractivity contribution in [3.63, 3.8) is 0 Å². The number of benzene rings is 1. The third-order valence-corrected chi connectivity index (χ3v) is 7.65. The van der Waals surface area contributed by atoms with Gasteiger partial charge in [-0.2, -0.15) is 0 Å². The van der Waals surface area contributed by atoms with Gasteiger partial charge in [-0.05, 0) is 55.2 Å². The van der Waals surface area contributed by atoms with Crippen LogP contribution in [0.5, 0.6) is 0 Å². The molecule has 4 heterocycles. The van der Waals surface area contributed by atoms with Crippen LogP contribution in [-0.4, -0.2) is 36.5 Å². The molecule has 5 rings (SSSR count). The Morgan fingerprint density at radius 2 is 1.71 bits per heavy atom. The van der Waals surface area contributed by atoms with Crippen LogP contribution in [0.4, 0.5) is 5.69 Å². The van der Waals surface area contributed by atoms with Crippen molar-refractivity contribution in [2.45, 2.75) is 44.2 Å². The lowest BCUT2D eigenvalue weighted by Crippen LogP contribution is -2.33. The van der Waals surface area contributed by atoms with Gasteiger partial charge in [-0.25, -0.2) is 13.1 Å². The fourth-order valence-electron chi connectivity index (χ4n) is 4.65. The number of rotatable bonds is 6. The molecule has 1 N–H and O–H groups in total. The number of hydrogen-bond acceptors (Lipinski definition) is 4. The molecule has 3 aromatic rings. The maximum Gasteiger partial charge on any atom is 0.275 e. The van der Waals surface area contributed by atoms with E-state index in [0.717, 1.165) is 22.2 Å². The third kappa shape index (κ3) is 3.28. The van der Waals surface area contributed by atoms with Crippen LogP contribution in [0.15, 0.2) is 46.3 Å². The Balaban J connectivity index is 1.36. The zero-order valence-electron chi connectivity index (χ0n) is 17.3. The number of nitrogens with one attached hydrogen (secondary N) is 1. The largest absolute Gasteiger partial charge is 0.343 e. The molecule has 162 valence electrons. The van der Waals surface area contributed by atoms with Gasteiger partial charge in [0.15, 0.2) is 0 Å². The van der Waals surface area contributed by atoms with Crippen LogP contribution in [0.1, 0.15) is 24.5 Å². The summed E-state index contributed by atoms with van der Waals surface area (Å²) in [6, 6.07) is 7.13. The highest BCUT2D eigenvalue weighted by atomic mass is 32.2. The van der Waals surface area contributed by atoms with Crippen LogP contribution in [0.3, 0.4) is 0 Å². The maximum absolute atomic E-state index is 12.9. The predicted molar refractivity (Wildman–Crippen MR) is 118 cm³/mol. The van der Waals surface area contributed by atoms with Gasteiger partial charge in [0, 0.05) is 50.4 Å². The molecule has 0 spiro atoms. The SMILES string of the molecule is CCn1ccc2ccn(CCNS(=O)(=O)c3cc4c5c(c3)CCN5C(=O)CC4)c(=O)c21. The highest BCUT2D eigenvalue weighted by Crippen LogP contribution is 2.38. The van der Waals surface area contributed by atoms with Crippen molar-refractivity contribution >= 4 is 32.5 Å². The van der Waals surface area contributed by atoms with Crippen molar-refractivity contribution in [1.29, 1.82) is 0 Å². The number of hydrogen-bond donors (Lipinski definition) is 1. The number of carbonyl (C=O) groups excluding carboxylic acids is 1. The number of aromatic nitrogens is 2. The fourth-order valence-corrected chi connectivity index (χ4v) is 5.77. The molecule has 1 amide bonds. The van der Waals surface area contributed by atoms with Gasteiger partial charge in [0.25, 0.3) is 5.56 Å². The number of amides is 1. The van der Waals surface area contributed by atoms with Gasteiger partial charge in [0.2, 0.25) is 15.9 Å². The maximum atomic E-state index is 12.9. The van der Waals surface area contributed by atoms with Crippen LogP contribution in [-0.2, 0) is 40.7 Å². The number of pyridine rings is 1. The van der Waals surface area contributed by atoms with Crippen LogP contribution in [0, 0.1) is 0 Å². The van der Waals surface area contributed by atoms with Crippen molar-refractivity contribution < 1.29 is 13.2 Å². The van der Waals surface area contributed by atoms with E-state index >= 15 is 0 Å². The first-order chi connectivity index (χ1) is 14.9. The Labute approximate surface area is 180 Å². The van der Waals surface area contributed by atoms with Crippen LogP contribution in [0.25, 0.3) is 10.9 Å². The summed E-state index contributed by atoms with van der Waals surface area (Å²) in [6.45, 7) is 3.63. The summed E-state index contributed by atoms with van der Waals surface area (Å²) in [5.41, 5.74) is 3.22. The summed E-state index contributed by atoms with van der Waals surface area (Å²) in [5.74, 6) is 0.108. The van der Waals surface area contributed by atoms with E-state index in [1.807, 2.05) is 29.8 Å². The van der Waals surface area contributed by atoms with Crippen LogP contribution >= 0.6 is 0 Å². The molecule has 0 saturated carbocycles. The van der Waals surface area contributed by atoms with Crippen molar-refractivity contribution in [2.75, 3.05) is 18.0 Å². The molecule has 0 aliphatic carbocycles. The van der Waals surface area contributed by atoms with E-state index in [1.54, 1.807) is 23.2 Å². The third-order valence-electron chi connectivity index (χ3n) is 6.21. The number of anilines is 1. The number of fused-ring (bicyclic) bond motifs is 1. The zero-order valence-corrected chi connectivity index (χ0v) is 18.1. The van der Waals surface area contributed by atoms with Crippen molar-refractivity contribution in [2.24, 2.45) is 0 Å². The van der Waals surface area contributed by atoms with Crippen molar-refractivity contribution in [3.8, 4) is 0 Å². The second kappa shape index (κ2) is 7.35. The lowest BCUT2D eigenvalue weighted by Gasteiger charge is -2.25. The highest BCUT2D eigenvalue weighted by Gasteiger charge is 2.32. The first kappa shape index (κ1) is 20.0. The molecular weight excluding hydrogens is 416 g/mol. The molecule has 1 aromatic carbocycles. The molecule has 2 aliphatic rings. The second-order valence-electron chi connectivity index (χ2n) is 8.00. The first-order valence-electron chi connectivity index (χ1n) is 10.5. The van der Waals surface area contributed by atoms with E-state index in [2.05, 4.69) is 4.72 Å². The minimum absolute atomic E-state index is 0.108. The minimum Gasteiger partial charge on any atom is -0.343 e. The van der Waals surface area contributed by atoms with E-state index in [9.17, 15) is 18.0 Å². The normalized spacial score (nSPS) is 15.6.